The molecule has 0 aromatic heterocycles. The lowest BCUT2D eigenvalue weighted by atomic mass is 10.4. The predicted octanol–water partition coefficient (Wildman–Crippen LogP) is -0.154. The van der Waals surface area contributed by atoms with Crippen LogP contribution < -0.4 is 4.72 Å². The van der Waals surface area contributed by atoms with Crippen LogP contribution in [-0.4, -0.2) is 82.4 Å². The van der Waals surface area contributed by atoms with Crippen LogP contribution in [0.25, 0.3) is 0 Å². The second-order valence-electron chi connectivity index (χ2n) is 5.00. The fraction of sp³-hybridized carbons (Fsp3) is 1.00. The molecule has 0 aliphatic heterocycles. The number of hydrogen-bond acceptors (Lipinski definition) is 7. The third-order valence-electron chi connectivity index (χ3n) is 3.64. The van der Waals surface area contributed by atoms with Crippen molar-refractivity contribution in [2.45, 2.75) is 26.3 Å². The summed E-state index contributed by atoms with van der Waals surface area (Å²) in [7, 11) is -5.03. The van der Waals surface area contributed by atoms with Crippen molar-refractivity contribution in [2.75, 3.05) is 52.5 Å². The van der Waals surface area contributed by atoms with E-state index < -0.39 is 28.9 Å². The van der Waals surface area contributed by atoms with E-state index in [2.05, 4.69) is 4.72 Å². The molecule has 0 aliphatic carbocycles. The summed E-state index contributed by atoms with van der Waals surface area (Å²) in [5, 5.41) is 0. The maximum absolute atomic E-state index is 12.2. The Hall–Kier alpha value is -0.0831. The molecule has 146 valence electrons. The Morgan fingerprint density at radius 2 is 1.46 bits per heavy atom. The molecule has 0 unspecified atom stereocenters. The minimum absolute atomic E-state index is 0.0385. The third-order valence-corrected chi connectivity index (χ3v) is 9.76. The van der Waals surface area contributed by atoms with Gasteiger partial charge in [0.1, 0.15) is 0 Å². The van der Waals surface area contributed by atoms with E-state index in [0.717, 1.165) is 0 Å². The van der Waals surface area contributed by atoms with E-state index in [1.807, 2.05) is 0 Å². The molecule has 0 radical (unpaired) electrons. The quantitative estimate of drug-likeness (QED) is 0.399. The van der Waals surface area contributed by atoms with Crippen LogP contribution in [0.1, 0.15) is 20.3 Å². The summed E-state index contributed by atoms with van der Waals surface area (Å²) in [5.74, 6) is -0.0912. The van der Waals surface area contributed by atoms with Crippen molar-refractivity contribution in [1.82, 2.24) is 9.03 Å². The number of nitrogens with one attached hydrogen (secondary N) is 1. The van der Waals surface area contributed by atoms with E-state index in [9.17, 15) is 16.8 Å². The van der Waals surface area contributed by atoms with E-state index in [0.29, 0.717) is 12.5 Å². The van der Waals surface area contributed by atoms with Crippen molar-refractivity contribution in [3.05, 3.63) is 0 Å². The molecule has 0 heterocycles. The number of hydrogen-bond donors (Lipinski definition) is 1. The van der Waals surface area contributed by atoms with Gasteiger partial charge in [0.25, 0.3) is 0 Å². The molecule has 12 heteroatoms. The van der Waals surface area contributed by atoms with E-state index >= 15 is 0 Å². The van der Waals surface area contributed by atoms with Crippen LogP contribution >= 0.6 is 0 Å². The van der Waals surface area contributed by atoms with Crippen molar-refractivity contribution in [1.29, 1.82) is 0 Å². The fourth-order valence-corrected chi connectivity index (χ4v) is 5.48. The molecule has 0 amide bonds. The van der Waals surface area contributed by atoms with Crippen LogP contribution in [-0.2, 0) is 33.3 Å². The highest BCUT2D eigenvalue weighted by atomic mass is 32.2. The Kier molecular flexibility index (Phi) is 10.8. The molecular formula is C12H30N2O7S2Si. The molecule has 0 fully saturated rings. The molecule has 0 atom stereocenters. The summed E-state index contributed by atoms with van der Waals surface area (Å²) in [6.45, 7) is 3.44. The molecule has 0 aromatic carbocycles. The molecule has 0 saturated heterocycles. The van der Waals surface area contributed by atoms with Gasteiger partial charge in [-0.3, -0.25) is 0 Å². The van der Waals surface area contributed by atoms with E-state index in [4.69, 9.17) is 13.3 Å². The molecule has 0 bridgehead atoms. The normalized spacial score (nSPS) is 13.6. The highest BCUT2D eigenvalue weighted by Crippen LogP contribution is 2.16. The monoisotopic (exact) mass is 406 g/mol. The molecule has 24 heavy (non-hydrogen) atoms. The highest BCUT2D eigenvalue weighted by molar-refractivity contribution is 7.89. The largest absolute Gasteiger partial charge is 0.500 e. The van der Waals surface area contributed by atoms with Gasteiger partial charge in [-0.15, -0.1) is 0 Å². The number of sulfonamides is 2. The maximum atomic E-state index is 12.2. The lowest BCUT2D eigenvalue weighted by Gasteiger charge is -2.26. The topological polar surface area (TPSA) is 111 Å². The summed E-state index contributed by atoms with van der Waals surface area (Å²) in [6.07, 6.45) is 0.488. The molecule has 1 N–H and O–H groups in total. The van der Waals surface area contributed by atoms with Crippen molar-refractivity contribution >= 4 is 28.9 Å². The summed E-state index contributed by atoms with van der Waals surface area (Å²) in [6, 6.07) is 0.465. The Bertz CT molecular complexity index is 541. The van der Waals surface area contributed by atoms with Crippen molar-refractivity contribution in [3.63, 3.8) is 0 Å². The SMILES string of the molecule is CCS(=O)(=O)NCCN(CCC[Si](OC)(OC)OC)S(=O)(=O)CC. The first kappa shape index (κ1) is 23.9. The Morgan fingerprint density at radius 1 is 0.917 bits per heavy atom. The van der Waals surface area contributed by atoms with Gasteiger partial charge >= 0.3 is 8.80 Å². The number of rotatable bonds is 14. The van der Waals surface area contributed by atoms with Crippen LogP contribution in [0.15, 0.2) is 0 Å². The van der Waals surface area contributed by atoms with Gasteiger partial charge in [-0.1, -0.05) is 0 Å². The van der Waals surface area contributed by atoms with E-state index in [1.54, 1.807) is 6.92 Å². The zero-order valence-electron chi connectivity index (χ0n) is 15.1. The second-order valence-corrected chi connectivity index (χ2v) is 12.4. The molecule has 0 aliphatic rings. The van der Waals surface area contributed by atoms with Crippen LogP contribution in [0.4, 0.5) is 0 Å². The first-order valence-corrected chi connectivity index (χ1v) is 12.9. The predicted molar refractivity (Wildman–Crippen MR) is 94.7 cm³/mol. The van der Waals surface area contributed by atoms with Crippen molar-refractivity contribution in [3.8, 4) is 0 Å². The van der Waals surface area contributed by atoms with Gasteiger partial charge in [-0.2, -0.15) is 0 Å². The van der Waals surface area contributed by atoms with Gasteiger partial charge in [0, 0.05) is 47.0 Å². The second kappa shape index (κ2) is 10.8. The lowest BCUT2D eigenvalue weighted by Crippen LogP contribution is -2.44. The van der Waals surface area contributed by atoms with Gasteiger partial charge in [0.2, 0.25) is 20.0 Å². The first-order valence-electron chi connectivity index (χ1n) is 7.72. The minimum Gasteiger partial charge on any atom is -0.377 e. The highest BCUT2D eigenvalue weighted by Gasteiger charge is 2.37. The van der Waals surface area contributed by atoms with Crippen LogP contribution in [0.5, 0.6) is 0 Å². The summed E-state index contributed by atoms with van der Waals surface area (Å²) >= 11 is 0. The van der Waals surface area contributed by atoms with Gasteiger partial charge < -0.3 is 13.3 Å². The molecule has 0 aromatic rings. The van der Waals surface area contributed by atoms with Crippen LogP contribution in [0.2, 0.25) is 6.04 Å². The Morgan fingerprint density at radius 3 is 1.88 bits per heavy atom. The van der Waals surface area contributed by atoms with Gasteiger partial charge in [0.15, 0.2) is 0 Å². The summed E-state index contributed by atoms with van der Waals surface area (Å²) in [5.41, 5.74) is 0. The van der Waals surface area contributed by atoms with Crippen LogP contribution in [0, 0.1) is 0 Å². The zero-order valence-corrected chi connectivity index (χ0v) is 17.7. The maximum Gasteiger partial charge on any atom is 0.500 e. The first-order chi connectivity index (χ1) is 11.1. The number of nitrogens with zero attached hydrogens (tertiary/aromatic N) is 1. The Balaban J connectivity index is 4.76. The third kappa shape index (κ3) is 7.87. The molecule has 9 nitrogen and oxygen atoms in total. The average molecular weight is 407 g/mol. The zero-order chi connectivity index (χ0) is 18.9. The summed E-state index contributed by atoms with van der Waals surface area (Å²) in [4.78, 5) is 0. The van der Waals surface area contributed by atoms with Gasteiger partial charge in [-0.25, -0.2) is 25.9 Å². The summed E-state index contributed by atoms with van der Waals surface area (Å²) < 4.78 is 66.8. The van der Waals surface area contributed by atoms with Crippen molar-refractivity contribution < 1.29 is 30.1 Å². The van der Waals surface area contributed by atoms with Gasteiger partial charge in [-0.05, 0) is 20.3 Å². The minimum atomic E-state index is -3.43. The molecule has 0 rings (SSSR count). The lowest BCUT2D eigenvalue weighted by molar-refractivity contribution is 0.122. The van der Waals surface area contributed by atoms with E-state index in [1.165, 1.54) is 32.6 Å². The van der Waals surface area contributed by atoms with Crippen LogP contribution in [0.3, 0.4) is 0 Å². The molecular weight excluding hydrogens is 376 g/mol. The Labute approximate surface area is 147 Å². The van der Waals surface area contributed by atoms with E-state index in [-0.39, 0.29) is 31.1 Å². The standard InChI is InChI=1S/C12H30N2O7S2Si/c1-6-22(15,16)13-9-11-14(23(17,18)7-2)10-8-12-24(19-3,20-4)21-5/h13H,6-12H2,1-5H3. The molecule has 0 saturated carbocycles. The van der Waals surface area contributed by atoms with Crippen molar-refractivity contribution in [2.24, 2.45) is 0 Å². The smallest absolute Gasteiger partial charge is 0.377 e. The average Bonchev–Trinajstić information content (AvgIpc) is 2.57. The molecule has 0 spiro atoms. The fourth-order valence-electron chi connectivity index (χ4n) is 2.03. The van der Waals surface area contributed by atoms with Gasteiger partial charge in [0.05, 0.1) is 11.5 Å².